The van der Waals surface area contributed by atoms with E-state index in [-0.39, 0.29) is 30.2 Å². The van der Waals surface area contributed by atoms with Gasteiger partial charge in [0.05, 0.1) is 13.0 Å². The number of amides is 1. The molecule has 1 aromatic heterocycles. The molecule has 7 heteroatoms. The smallest absolute Gasteiger partial charge is 0.229 e. The van der Waals surface area contributed by atoms with Gasteiger partial charge in [0.1, 0.15) is 17.7 Å². The summed E-state index contributed by atoms with van der Waals surface area (Å²) >= 11 is 0. The second kappa shape index (κ2) is 8.65. The van der Waals surface area contributed by atoms with E-state index in [4.69, 9.17) is 9.26 Å². The van der Waals surface area contributed by atoms with E-state index in [1.54, 1.807) is 23.1 Å². The van der Waals surface area contributed by atoms with Crippen LogP contribution in [0.1, 0.15) is 37.6 Å². The summed E-state index contributed by atoms with van der Waals surface area (Å²) in [5.74, 6) is 1.63. The SMILES string of the molecule is CC(C)c1nc(-c2ccc(OC3CCN(C(=O)Cc4ccccc4F)C3)cc2)no1. The molecule has 4 rings (SSSR count). The third-order valence-corrected chi connectivity index (χ3v) is 5.15. The van der Waals surface area contributed by atoms with Gasteiger partial charge in [-0.05, 0) is 35.9 Å². The van der Waals surface area contributed by atoms with E-state index in [0.29, 0.717) is 30.4 Å². The van der Waals surface area contributed by atoms with E-state index in [0.717, 1.165) is 17.7 Å². The van der Waals surface area contributed by atoms with Crippen LogP contribution >= 0.6 is 0 Å². The van der Waals surface area contributed by atoms with Gasteiger partial charge < -0.3 is 14.2 Å². The largest absolute Gasteiger partial charge is 0.489 e. The lowest BCUT2D eigenvalue weighted by atomic mass is 10.1. The highest BCUT2D eigenvalue weighted by Gasteiger charge is 2.28. The van der Waals surface area contributed by atoms with Gasteiger partial charge in [0, 0.05) is 24.4 Å². The summed E-state index contributed by atoms with van der Waals surface area (Å²) in [6.07, 6.45) is 0.725. The van der Waals surface area contributed by atoms with Crippen molar-refractivity contribution in [3.8, 4) is 17.1 Å². The fraction of sp³-hybridized carbons (Fsp3) is 0.348. The molecule has 0 spiro atoms. The molecule has 6 nitrogen and oxygen atoms in total. The number of ether oxygens (including phenoxy) is 1. The molecule has 0 saturated carbocycles. The van der Waals surface area contributed by atoms with E-state index >= 15 is 0 Å². The molecule has 1 saturated heterocycles. The van der Waals surface area contributed by atoms with E-state index in [1.165, 1.54) is 6.07 Å². The van der Waals surface area contributed by atoms with Crippen LogP contribution in [0, 0.1) is 5.82 Å². The first kappa shape index (κ1) is 20.1. The zero-order chi connectivity index (χ0) is 21.1. The Kier molecular flexibility index (Phi) is 5.79. The maximum Gasteiger partial charge on any atom is 0.229 e. The van der Waals surface area contributed by atoms with Gasteiger partial charge in [0.15, 0.2) is 0 Å². The lowest BCUT2D eigenvalue weighted by Gasteiger charge is -2.17. The minimum absolute atomic E-state index is 0.0666. The highest BCUT2D eigenvalue weighted by Crippen LogP contribution is 2.24. The molecule has 1 fully saturated rings. The number of nitrogens with zero attached hydrogens (tertiary/aromatic N) is 3. The summed E-state index contributed by atoms with van der Waals surface area (Å²) in [7, 11) is 0. The van der Waals surface area contributed by atoms with Crippen LogP contribution in [0.2, 0.25) is 0 Å². The van der Waals surface area contributed by atoms with Crippen molar-refractivity contribution in [2.75, 3.05) is 13.1 Å². The quantitative estimate of drug-likeness (QED) is 0.610. The van der Waals surface area contributed by atoms with Crippen molar-refractivity contribution in [3.05, 3.63) is 65.8 Å². The van der Waals surface area contributed by atoms with Gasteiger partial charge in [-0.2, -0.15) is 4.98 Å². The van der Waals surface area contributed by atoms with Gasteiger partial charge in [-0.15, -0.1) is 0 Å². The Hall–Kier alpha value is -3.22. The van der Waals surface area contributed by atoms with Crippen LogP contribution in [0.5, 0.6) is 5.75 Å². The predicted molar refractivity (Wildman–Crippen MR) is 110 cm³/mol. The summed E-state index contributed by atoms with van der Waals surface area (Å²) in [5.41, 5.74) is 1.27. The molecule has 0 N–H and O–H groups in total. The third-order valence-electron chi connectivity index (χ3n) is 5.15. The molecule has 3 aromatic rings. The summed E-state index contributed by atoms with van der Waals surface area (Å²) < 4.78 is 25.1. The van der Waals surface area contributed by atoms with Crippen molar-refractivity contribution in [2.24, 2.45) is 0 Å². The Morgan fingerprint density at radius 1 is 1.23 bits per heavy atom. The van der Waals surface area contributed by atoms with Crippen LogP contribution < -0.4 is 4.74 Å². The molecule has 1 aliphatic heterocycles. The molecule has 1 aliphatic rings. The van der Waals surface area contributed by atoms with Gasteiger partial charge in [-0.1, -0.05) is 37.2 Å². The molecule has 2 aromatic carbocycles. The topological polar surface area (TPSA) is 68.5 Å². The van der Waals surface area contributed by atoms with Gasteiger partial charge in [-0.3, -0.25) is 4.79 Å². The zero-order valence-electron chi connectivity index (χ0n) is 17.0. The van der Waals surface area contributed by atoms with E-state index in [2.05, 4.69) is 10.1 Å². The molecular formula is C23H24FN3O3. The summed E-state index contributed by atoms with van der Waals surface area (Å²) in [6, 6.07) is 13.9. The molecule has 30 heavy (non-hydrogen) atoms. The maximum absolute atomic E-state index is 13.8. The molecule has 2 heterocycles. The fourth-order valence-corrected chi connectivity index (χ4v) is 3.43. The Morgan fingerprint density at radius 2 is 2.00 bits per heavy atom. The van der Waals surface area contributed by atoms with Crippen molar-refractivity contribution in [1.82, 2.24) is 15.0 Å². The summed E-state index contributed by atoms with van der Waals surface area (Å²) in [5, 5.41) is 4.01. The molecule has 0 radical (unpaired) electrons. The van der Waals surface area contributed by atoms with Crippen molar-refractivity contribution >= 4 is 5.91 Å². The Labute approximate surface area is 174 Å². The summed E-state index contributed by atoms with van der Waals surface area (Å²) in [4.78, 5) is 18.6. The van der Waals surface area contributed by atoms with Crippen molar-refractivity contribution in [2.45, 2.75) is 38.7 Å². The lowest BCUT2D eigenvalue weighted by molar-refractivity contribution is -0.129. The van der Waals surface area contributed by atoms with Gasteiger partial charge >= 0.3 is 0 Å². The van der Waals surface area contributed by atoms with E-state index in [1.807, 2.05) is 38.1 Å². The predicted octanol–water partition coefficient (Wildman–Crippen LogP) is 4.22. The number of hydrogen-bond donors (Lipinski definition) is 0. The number of carbonyl (C=O) groups is 1. The molecule has 1 unspecified atom stereocenters. The standard InChI is InChI=1S/C23H24FN3O3/c1-15(2)23-25-22(26-30-23)16-7-9-18(10-8-16)29-19-11-12-27(14-19)21(28)13-17-5-3-4-6-20(17)24/h3-10,15,19H,11-14H2,1-2H3. The van der Waals surface area contributed by atoms with Crippen LogP contribution in [0.3, 0.4) is 0 Å². The van der Waals surface area contributed by atoms with Gasteiger partial charge in [-0.25, -0.2) is 4.39 Å². The number of rotatable bonds is 6. The first-order chi connectivity index (χ1) is 14.5. The molecule has 0 bridgehead atoms. The lowest BCUT2D eigenvalue weighted by Crippen LogP contribution is -2.32. The first-order valence-electron chi connectivity index (χ1n) is 10.1. The highest BCUT2D eigenvalue weighted by molar-refractivity contribution is 5.79. The van der Waals surface area contributed by atoms with E-state index < -0.39 is 0 Å². The molecule has 0 aliphatic carbocycles. The number of aromatic nitrogens is 2. The van der Waals surface area contributed by atoms with Gasteiger partial charge in [0.2, 0.25) is 17.6 Å². The first-order valence-corrected chi connectivity index (χ1v) is 10.1. The maximum atomic E-state index is 13.8. The fourth-order valence-electron chi connectivity index (χ4n) is 3.43. The normalized spacial score (nSPS) is 16.3. The average Bonchev–Trinajstić information content (AvgIpc) is 3.40. The van der Waals surface area contributed by atoms with Gasteiger partial charge in [0.25, 0.3) is 0 Å². The second-order valence-corrected chi connectivity index (χ2v) is 7.77. The average molecular weight is 409 g/mol. The number of carbonyl (C=O) groups excluding carboxylic acids is 1. The number of benzene rings is 2. The monoisotopic (exact) mass is 409 g/mol. The number of hydrogen-bond acceptors (Lipinski definition) is 5. The van der Waals surface area contributed by atoms with Crippen LogP contribution in [-0.4, -0.2) is 40.1 Å². The Balaban J connectivity index is 1.33. The van der Waals surface area contributed by atoms with Crippen LogP contribution in [0.4, 0.5) is 4.39 Å². The van der Waals surface area contributed by atoms with Crippen molar-refractivity contribution < 1.29 is 18.4 Å². The highest BCUT2D eigenvalue weighted by atomic mass is 19.1. The summed E-state index contributed by atoms with van der Waals surface area (Å²) in [6.45, 7) is 5.11. The number of likely N-dealkylation sites (tertiary alicyclic amines) is 1. The molecule has 156 valence electrons. The van der Waals surface area contributed by atoms with Crippen molar-refractivity contribution in [1.29, 1.82) is 0 Å². The van der Waals surface area contributed by atoms with Crippen LogP contribution in [0.25, 0.3) is 11.4 Å². The molecular weight excluding hydrogens is 385 g/mol. The second-order valence-electron chi connectivity index (χ2n) is 7.77. The van der Waals surface area contributed by atoms with Crippen LogP contribution in [0.15, 0.2) is 53.1 Å². The Bertz CT molecular complexity index is 1020. The third kappa shape index (κ3) is 4.50. The Morgan fingerprint density at radius 3 is 2.70 bits per heavy atom. The molecule has 1 amide bonds. The van der Waals surface area contributed by atoms with E-state index in [9.17, 15) is 9.18 Å². The number of halogens is 1. The minimum atomic E-state index is -0.347. The zero-order valence-corrected chi connectivity index (χ0v) is 17.0. The molecule has 1 atom stereocenters. The van der Waals surface area contributed by atoms with Crippen LogP contribution in [-0.2, 0) is 11.2 Å². The minimum Gasteiger partial charge on any atom is -0.489 e. The van der Waals surface area contributed by atoms with Crippen molar-refractivity contribution in [3.63, 3.8) is 0 Å².